The highest BCUT2D eigenvalue weighted by atomic mass is 16.6. The number of anilines is 1. The number of benzene rings is 2. The van der Waals surface area contributed by atoms with Crippen LogP contribution in [0.1, 0.15) is 15.9 Å². The summed E-state index contributed by atoms with van der Waals surface area (Å²) in [5.41, 5.74) is 0.316. The van der Waals surface area contributed by atoms with Gasteiger partial charge in [0.2, 0.25) is 5.91 Å². The second-order valence-corrected chi connectivity index (χ2v) is 5.44. The number of nitrogens with zero attached hydrogens (tertiary/aromatic N) is 1. The molecule has 9 heteroatoms. The summed E-state index contributed by atoms with van der Waals surface area (Å²) in [6.07, 6.45) is 5.30. The standard InChI is InChI=1S/C19H17N3O6/c1-4-12-6-5-7-13(8-12)21-18(23)11-20-19(24)14-9-16(27-2)17(28-3)10-15(14)22(25)26/h1,5-10H,11H2,2-3H3,(H,20,24)(H,21,23). The van der Waals surface area contributed by atoms with Crippen molar-refractivity contribution >= 4 is 23.2 Å². The Labute approximate surface area is 160 Å². The molecule has 0 atom stereocenters. The van der Waals surface area contributed by atoms with Gasteiger partial charge in [0, 0.05) is 17.3 Å². The molecule has 2 amide bonds. The van der Waals surface area contributed by atoms with Gasteiger partial charge < -0.3 is 20.1 Å². The molecule has 0 saturated heterocycles. The average Bonchev–Trinajstić information content (AvgIpc) is 2.70. The maximum atomic E-state index is 12.4. The van der Waals surface area contributed by atoms with E-state index in [1.807, 2.05) is 0 Å². The van der Waals surface area contributed by atoms with E-state index >= 15 is 0 Å². The predicted octanol–water partition coefficient (Wildman–Crippen LogP) is 1.96. The Bertz CT molecular complexity index is 965. The molecule has 0 heterocycles. The summed E-state index contributed by atoms with van der Waals surface area (Å²) in [6, 6.07) is 8.88. The van der Waals surface area contributed by atoms with Gasteiger partial charge in [0.25, 0.3) is 11.6 Å². The Morgan fingerprint density at radius 1 is 1.18 bits per heavy atom. The first kappa shape index (κ1) is 20.3. The number of amides is 2. The van der Waals surface area contributed by atoms with Gasteiger partial charge in [-0.25, -0.2) is 0 Å². The number of rotatable bonds is 7. The van der Waals surface area contributed by atoms with Crippen molar-refractivity contribution in [2.75, 3.05) is 26.1 Å². The first-order valence-electron chi connectivity index (χ1n) is 7.94. The summed E-state index contributed by atoms with van der Waals surface area (Å²) in [5, 5.41) is 16.2. The van der Waals surface area contributed by atoms with E-state index in [2.05, 4.69) is 16.6 Å². The summed E-state index contributed by atoms with van der Waals surface area (Å²) < 4.78 is 10.1. The first-order chi connectivity index (χ1) is 13.4. The number of hydrogen-bond acceptors (Lipinski definition) is 6. The summed E-state index contributed by atoms with van der Waals surface area (Å²) in [4.78, 5) is 35.0. The molecule has 0 aromatic heterocycles. The zero-order valence-corrected chi connectivity index (χ0v) is 15.1. The molecule has 0 aliphatic rings. The number of carbonyl (C=O) groups excluding carboxylic acids is 2. The van der Waals surface area contributed by atoms with E-state index in [1.165, 1.54) is 20.3 Å². The quantitative estimate of drug-likeness (QED) is 0.428. The molecule has 2 aromatic rings. The van der Waals surface area contributed by atoms with Gasteiger partial charge in [-0.05, 0) is 18.2 Å². The maximum absolute atomic E-state index is 12.4. The van der Waals surface area contributed by atoms with E-state index in [9.17, 15) is 19.7 Å². The number of terminal acetylenes is 1. The molecule has 28 heavy (non-hydrogen) atoms. The minimum atomic E-state index is -0.805. The van der Waals surface area contributed by atoms with Crippen molar-refractivity contribution in [2.24, 2.45) is 0 Å². The van der Waals surface area contributed by atoms with Crippen molar-refractivity contribution in [3.8, 4) is 23.8 Å². The predicted molar refractivity (Wildman–Crippen MR) is 102 cm³/mol. The zero-order chi connectivity index (χ0) is 20.7. The normalized spacial score (nSPS) is 9.75. The number of nitrogens with one attached hydrogen (secondary N) is 2. The molecular weight excluding hydrogens is 366 g/mol. The molecule has 0 aliphatic carbocycles. The smallest absolute Gasteiger partial charge is 0.286 e. The van der Waals surface area contributed by atoms with Crippen molar-refractivity contribution in [1.82, 2.24) is 5.32 Å². The highest BCUT2D eigenvalue weighted by Gasteiger charge is 2.24. The number of nitro groups is 1. The van der Waals surface area contributed by atoms with E-state index < -0.39 is 29.0 Å². The third-order valence-electron chi connectivity index (χ3n) is 3.67. The van der Waals surface area contributed by atoms with Gasteiger partial charge in [-0.1, -0.05) is 12.0 Å². The summed E-state index contributed by atoms with van der Waals surface area (Å²) >= 11 is 0. The van der Waals surface area contributed by atoms with Gasteiger partial charge in [0.05, 0.1) is 31.8 Å². The van der Waals surface area contributed by atoms with Crippen LogP contribution in [0.2, 0.25) is 0 Å². The minimum Gasteiger partial charge on any atom is -0.493 e. The van der Waals surface area contributed by atoms with Crippen LogP contribution in [0.4, 0.5) is 11.4 Å². The Balaban J connectivity index is 2.12. The van der Waals surface area contributed by atoms with Gasteiger partial charge in [0.1, 0.15) is 5.56 Å². The summed E-state index contributed by atoms with van der Waals surface area (Å²) in [7, 11) is 2.66. The van der Waals surface area contributed by atoms with Gasteiger partial charge in [-0.2, -0.15) is 0 Å². The molecule has 2 N–H and O–H groups in total. The number of ether oxygens (including phenoxy) is 2. The van der Waals surface area contributed by atoms with E-state index in [0.717, 1.165) is 6.07 Å². The topological polar surface area (TPSA) is 120 Å². The molecule has 144 valence electrons. The molecule has 2 aromatic carbocycles. The van der Waals surface area contributed by atoms with E-state index in [0.29, 0.717) is 11.3 Å². The molecule has 0 radical (unpaired) electrons. The van der Waals surface area contributed by atoms with Crippen LogP contribution in [-0.4, -0.2) is 37.5 Å². The lowest BCUT2D eigenvalue weighted by Gasteiger charge is -2.11. The lowest BCUT2D eigenvalue weighted by atomic mass is 10.1. The van der Waals surface area contributed by atoms with E-state index in [-0.39, 0.29) is 17.1 Å². The Hall–Kier alpha value is -4.06. The molecule has 2 rings (SSSR count). The average molecular weight is 383 g/mol. The molecule has 0 unspecified atom stereocenters. The number of methoxy groups -OCH3 is 2. The second kappa shape index (κ2) is 9.05. The number of carbonyl (C=O) groups is 2. The van der Waals surface area contributed by atoms with Crippen LogP contribution in [0.25, 0.3) is 0 Å². The SMILES string of the molecule is C#Cc1cccc(NC(=O)CNC(=O)c2cc(OC)c(OC)cc2[N+](=O)[O-])c1. The first-order valence-corrected chi connectivity index (χ1v) is 7.94. The van der Waals surface area contributed by atoms with Crippen LogP contribution in [0.3, 0.4) is 0 Å². The van der Waals surface area contributed by atoms with Gasteiger partial charge in [-0.3, -0.25) is 19.7 Å². The van der Waals surface area contributed by atoms with Gasteiger partial charge in [-0.15, -0.1) is 6.42 Å². The van der Waals surface area contributed by atoms with Crippen molar-refractivity contribution < 1.29 is 24.0 Å². The molecule has 0 saturated carbocycles. The third kappa shape index (κ3) is 4.76. The third-order valence-corrected chi connectivity index (χ3v) is 3.67. The number of nitro benzene ring substituents is 1. The fourth-order valence-corrected chi connectivity index (χ4v) is 2.35. The molecule has 9 nitrogen and oxygen atoms in total. The summed E-state index contributed by atoms with van der Waals surface area (Å²) in [6.45, 7) is -0.398. The molecule has 0 bridgehead atoms. The van der Waals surface area contributed by atoms with Gasteiger partial charge >= 0.3 is 0 Å². The second-order valence-electron chi connectivity index (χ2n) is 5.44. The van der Waals surface area contributed by atoms with Crippen LogP contribution in [0.5, 0.6) is 11.5 Å². The monoisotopic (exact) mass is 383 g/mol. The maximum Gasteiger partial charge on any atom is 0.286 e. The Morgan fingerprint density at radius 2 is 1.86 bits per heavy atom. The van der Waals surface area contributed by atoms with E-state index in [4.69, 9.17) is 15.9 Å². The fraction of sp³-hybridized carbons (Fsp3) is 0.158. The largest absolute Gasteiger partial charge is 0.493 e. The highest BCUT2D eigenvalue weighted by molar-refractivity contribution is 6.02. The minimum absolute atomic E-state index is 0.108. The van der Waals surface area contributed by atoms with Crippen LogP contribution in [-0.2, 0) is 4.79 Å². The molecular formula is C19H17N3O6. The lowest BCUT2D eigenvalue weighted by Crippen LogP contribution is -2.33. The Kier molecular flexibility index (Phi) is 6.54. The zero-order valence-electron chi connectivity index (χ0n) is 15.1. The molecule has 0 aliphatic heterocycles. The fourth-order valence-electron chi connectivity index (χ4n) is 2.35. The van der Waals surface area contributed by atoms with Crippen LogP contribution in [0.15, 0.2) is 36.4 Å². The summed E-state index contributed by atoms with van der Waals surface area (Å²) in [5.74, 6) is 1.37. The van der Waals surface area contributed by atoms with Crippen LogP contribution in [0, 0.1) is 22.5 Å². The van der Waals surface area contributed by atoms with Crippen LogP contribution < -0.4 is 20.1 Å². The van der Waals surface area contributed by atoms with Crippen molar-refractivity contribution in [3.05, 3.63) is 57.6 Å². The lowest BCUT2D eigenvalue weighted by molar-refractivity contribution is -0.385. The Morgan fingerprint density at radius 3 is 2.46 bits per heavy atom. The van der Waals surface area contributed by atoms with Gasteiger partial charge in [0.15, 0.2) is 11.5 Å². The van der Waals surface area contributed by atoms with Crippen LogP contribution >= 0.6 is 0 Å². The molecule has 0 fully saturated rings. The molecule has 0 spiro atoms. The van der Waals surface area contributed by atoms with Crippen molar-refractivity contribution in [2.45, 2.75) is 0 Å². The van der Waals surface area contributed by atoms with Crippen molar-refractivity contribution in [3.63, 3.8) is 0 Å². The van der Waals surface area contributed by atoms with Crippen molar-refractivity contribution in [1.29, 1.82) is 0 Å². The highest BCUT2D eigenvalue weighted by Crippen LogP contribution is 2.34. The number of hydrogen-bond donors (Lipinski definition) is 2. The van der Waals surface area contributed by atoms with E-state index in [1.54, 1.807) is 24.3 Å².